The monoisotopic (exact) mass is 391 g/mol. The van der Waals surface area contributed by atoms with Crippen LogP contribution in [0.1, 0.15) is 45.2 Å². The van der Waals surface area contributed by atoms with Gasteiger partial charge in [-0.05, 0) is 32.0 Å². The molecule has 0 fully saturated rings. The molecule has 0 saturated heterocycles. The van der Waals surface area contributed by atoms with Gasteiger partial charge < -0.3 is 15.4 Å². The summed E-state index contributed by atoms with van der Waals surface area (Å²) < 4.78 is 3.48. The normalized spacial score (nSPS) is 15.4. The average Bonchev–Trinajstić information content (AvgIpc) is 3.25. The fourth-order valence-corrected chi connectivity index (χ4v) is 3.64. The Kier molecular flexibility index (Phi) is 4.34. The lowest BCUT2D eigenvalue weighted by molar-refractivity contribution is 0.0997. The van der Waals surface area contributed by atoms with Gasteiger partial charge in [-0.2, -0.15) is 5.10 Å². The number of carbonyl (C=O) groups excluding carboxylic acids is 2. The summed E-state index contributed by atoms with van der Waals surface area (Å²) in [5.74, 6) is -0.487. The molecule has 0 saturated carbocycles. The molecule has 3 aromatic rings. The molecule has 0 radical (unpaired) electrons. The topological polar surface area (TPSA) is 116 Å². The minimum absolute atomic E-state index is 0.0864. The van der Waals surface area contributed by atoms with Crippen molar-refractivity contribution in [3.8, 4) is 5.75 Å². The van der Waals surface area contributed by atoms with E-state index in [1.54, 1.807) is 27.5 Å². The molecule has 0 spiro atoms. The van der Waals surface area contributed by atoms with Crippen LogP contribution in [0.2, 0.25) is 0 Å². The maximum atomic E-state index is 13.0. The smallest absolute Gasteiger partial charge is 0.248 e. The molecule has 0 aliphatic heterocycles. The molecule has 8 nitrogen and oxygen atoms in total. The molecule has 148 valence electrons. The molecule has 1 aliphatic carbocycles. The van der Waals surface area contributed by atoms with E-state index >= 15 is 0 Å². The molecule has 3 N–H and O–H groups in total. The van der Waals surface area contributed by atoms with Gasteiger partial charge in [-0.15, -0.1) is 6.58 Å². The third-order valence-corrected chi connectivity index (χ3v) is 4.99. The van der Waals surface area contributed by atoms with E-state index < -0.39 is 5.91 Å². The number of carbonyl (C=O) groups is 2. The van der Waals surface area contributed by atoms with Gasteiger partial charge in [0.2, 0.25) is 11.7 Å². The van der Waals surface area contributed by atoms with Crippen molar-refractivity contribution in [1.82, 2.24) is 19.3 Å². The van der Waals surface area contributed by atoms with E-state index in [1.807, 2.05) is 19.9 Å². The van der Waals surface area contributed by atoms with E-state index in [-0.39, 0.29) is 23.0 Å². The molecule has 4 rings (SSSR count). The number of aryl methyl sites for hydroxylation is 2. The van der Waals surface area contributed by atoms with Gasteiger partial charge in [-0.1, -0.05) is 12.2 Å². The lowest BCUT2D eigenvalue weighted by Gasteiger charge is -2.08. The van der Waals surface area contributed by atoms with Crippen molar-refractivity contribution in [3.63, 3.8) is 0 Å². The number of phenols is 1. The lowest BCUT2D eigenvalue weighted by Crippen LogP contribution is -2.11. The molecular weight excluding hydrogens is 370 g/mol. The lowest BCUT2D eigenvalue weighted by atomic mass is 10.1. The molecule has 1 unspecified atom stereocenters. The third-order valence-electron chi connectivity index (χ3n) is 4.99. The van der Waals surface area contributed by atoms with Crippen molar-refractivity contribution >= 4 is 22.7 Å². The first kappa shape index (κ1) is 18.7. The van der Waals surface area contributed by atoms with Crippen LogP contribution in [0, 0.1) is 6.92 Å². The number of hydrogen-bond acceptors (Lipinski definition) is 5. The van der Waals surface area contributed by atoms with Crippen LogP contribution < -0.4 is 5.73 Å². The first-order valence-electron chi connectivity index (χ1n) is 9.30. The number of phenolic OH excluding ortho intramolecular Hbond substituents is 1. The number of hydrogen-bond donors (Lipinski definition) is 2. The van der Waals surface area contributed by atoms with Gasteiger partial charge in [0.1, 0.15) is 22.8 Å². The van der Waals surface area contributed by atoms with Crippen molar-refractivity contribution in [2.45, 2.75) is 32.9 Å². The average molecular weight is 391 g/mol. The second-order valence-electron chi connectivity index (χ2n) is 7.01. The molecule has 1 aliphatic rings. The van der Waals surface area contributed by atoms with Crippen molar-refractivity contribution in [3.05, 3.63) is 65.3 Å². The Morgan fingerprint density at radius 1 is 1.34 bits per heavy atom. The number of benzene rings is 1. The number of nitrogens with zero attached hydrogens (tertiary/aromatic N) is 4. The zero-order chi connectivity index (χ0) is 20.9. The first-order valence-corrected chi connectivity index (χ1v) is 9.30. The fraction of sp³-hybridized carbons (Fsp3) is 0.238. The van der Waals surface area contributed by atoms with E-state index in [9.17, 15) is 14.7 Å². The molecule has 2 aromatic heterocycles. The second-order valence-corrected chi connectivity index (χ2v) is 7.01. The van der Waals surface area contributed by atoms with Crippen molar-refractivity contribution < 1.29 is 14.7 Å². The predicted molar refractivity (Wildman–Crippen MR) is 108 cm³/mol. The van der Waals surface area contributed by atoms with Gasteiger partial charge in [0.25, 0.3) is 0 Å². The van der Waals surface area contributed by atoms with E-state index in [0.717, 1.165) is 5.69 Å². The van der Waals surface area contributed by atoms with Gasteiger partial charge in [0.05, 0.1) is 17.1 Å². The molecule has 1 aromatic carbocycles. The number of amides is 1. The zero-order valence-corrected chi connectivity index (χ0v) is 16.2. The second kappa shape index (κ2) is 6.73. The number of aromatic nitrogens is 4. The number of primary amides is 1. The summed E-state index contributed by atoms with van der Waals surface area (Å²) in [6.45, 7) is 8.55. The molecule has 2 heterocycles. The number of allylic oxidation sites excluding steroid dienone is 3. The Morgan fingerprint density at radius 3 is 2.76 bits per heavy atom. The largest absolute Gasteiger partial charge is 0.506 e. The highest BCUT2D eigenvalue weighted by Gasteiger charge is 2.38. The minimum Gasteiger partial charge on any atom is -0.506 e. The maximum absolute atomic E-state index is 13.0. The Bertz CT molecular complexity index is 1210. The van der Waals surface area contributed by atoms with E-state index in [4.69, 9.17) is 5.73 Å². The van der Waals surface area contributed by atoms with Gasteiger partial charge in [-0.25, -0.2) is 4.98 Å². The number of fused-ring (bicyclic) bond motifs is 1. The van der Waals surface area contributed by atoms with Gasteiger partial charge >= 0.3 is 0 Å². The highest BCUT2D eigenvalue weighted by Crippen LogP contribution is 2.43. The molecule has 0 bridgehead atoms. The van der Waals surface area contributed by atoms with Crippen molar-refractivity contribution in [2.24, 2.45) is 5.73 Å². The van der Waals surface area contributed by atoms with Crippen LogP contribution in [-0.2, 0) is 13.1 Å². The molecule has 1 amide bonds. The van der Waals surface area contributed by atoms with Crippen LogP contribution in [0.5, 0.6) is 5.75 Å². The number of imidazole rings is 1. The Balaban J connectivity index is 1.74. The van der Waals surface area contributed by atoms with E-state index in [1.165, 1.54) is 6.07 Å². The summed E-state index contributed by atoms with van der Waals surface area (Å²) in [6.07, 6.45) is 3.53. The minimum atomic E-state index is -0.648. The summed E-state index contributed by atoms with van der Waals surface area (Å²) in [6, 6.07) is 4.64. The maximum Gasteiger partial charge on any atom is 0.248 e. The van der Waals surface area contributed by atoms with Gasteiger partial charge in [0, 0.05) is 24.2 Å². The highest BCUT2D eigenvalue weighted by atomic mass is 16.3. The summed E-state index contributed by atoms with van der Waals surface area (Å²) in [4.78, 5) is 29.1. The van der Waals surface area contributed by atoms with Crippen LogP contribution in [0.3, 0.4) is 0 Å². The van der Waals surface area contributed by atoms with Crippen LogP contribution >= 0.6 is 0 Å². The fourth-order valence-electron chi connectivity index (χ4n) is 3.64. The van der Waals surface area contributed by atoms with Crippen molar-refractivity contribution in [1.29, 1.82) is 0 Å². The van der Waals surface area contributed by atoms with Crippen LogP contribution in [0.4, 0.5) is 0 Å². The number of rotatable bonds is 7. The molecule has 29 heavy (non-hydrogen) atoms. The SMILES string of the molecule is C=CCn1c(C2C=C2C(=O)c2cc(C)nn2CC)nc2cc(C(N)=O)cc(O)c21. The quantitative estimate of drug-likeness (QED) is 0.474. The Labute approximate surface area is 167 Å². The van der Waals surface area contributed by atoms with E-state index in [2.05, 4.69) is 16.7 Å². The van der Waals surface area contributed by atoms with Crippen LogP contribution in [-0.4, -0.2) is 36.1 Å². The van der Waals surface area contributed by atoms with Gasteiger partial charge in [-0.3, -0.25) is 14.3 Å². The number of Topliss-reactive ketones (excluding diaryl/α,β-unsaturated/α-hetero) is 1. The Morgan fingerprint density at radius 2 is 2.10 bits per heavy atom. The highest BCUT2D eigenvalue weighted by molar-refractivity contribution is 6.12. The molecule has 1 atom stereocenters. The van der Waals surface area contributed by atoms with Gasteiger partial charge in [0.15, 0.2) is 0 Å². The van der Waals surface area contributed by atoms with E-state index in [0.29, 0.717) is 41.2 Å². The summed E-state index contributed by atoms with van der Waals surface area (Å²) in [5, 5.41) is 14.8. The number of ketones is 1. The van der Waals surface area contributed by atoms with Crippen molar-refractivity contribution in [2.75, 3.05) is 0 Å². The van der Waals surface area contributed by atoms with Crippen LogP contribution in [0.15, 0.2) is 42.5 Å². The first-order chi connectivity index (χ1) is 13.8. The Hall–Kier alpha value is -3.68. The molecule has 8 heteroatoms. The number of aromatic hydroxyl groups is 1. The predicted octanol–water partition coefficient (Wildman–Crippen LogP) is 2.46. The third kappa shape index (κ3) is 3.02. The van der Waals surface area contributed by atoms with Crippen LogP contribution in [0.25, 0.3) is 11.0 Å². The summed E-state index contributed by atoms with van der Waals surface area (Å²) >= 11 is 0. The summed E-state index contributed by atoms with van der Waals surface area (Å²) in [7, 11) is 0. The number of nitrogens with two attached hydrogens (primary N) is 1. The zero-order valence-electron chi connectivity index (χ0n) is 16.2. The summed E-state index contributed by atoms with van der Waals surface area (Å²) in [5.41, 5.74) is 8.40. The molecular formula is C21H21N5O3. The standard InChI is InChI=1S/C21H21N5O3/c1-4-6-25-18-15(8-12(20(22)29)9-17(18)27)23-21(25)14-10-13(14)19(28)16-7-11(3)24-26(16)5-2/h4,7-10,14,27H,1,5-6H2,2-3H3,(H2,22,29).